The first-order chi connectivity index (χ1) is 5.43. The van der Waals surface area contributed by atoms with Gasteiger partial charge < -0.3 is 4.74 Å². The monoisotopic (exact) mass is 154 g/mol. The fourth-order valence-corrected chi connectivity index (χ4v) is 1.16. The van der Waals surface area contributed by atoms with Gasteiger partial charge in [-0.2, -0.15) is 0 Å². The summed E-state index contributed by atoms with van der Waals surface area (Å²) in [6.45, 7) is 0.861. The molecule has 1 rings (SSSR count). The molecule has 1 aliphatic rings. The van der Waals surface area contributed by atoms with E-state index in [9.17, 15) is 0 Å². The Kier molecular flexibility index (Phi) is 4.29. The van der Waals surface area contributed by atoms with E-state index in [2.05, 4.69) is 12.2 Å². The number of hydrogen-bond acceptors (Lipinski definition) is 1. The van der Waals surface area contributed by atoms with Crippen LogP contribution in [0.3, 0.4) is 0 Å². The molecule has 1 heteroatoms. The van der Waals surface area contributed by atoms with Gasteiger partial charge in [0, 0.05) is 13.7 Å². The van der Waals surface area contributed by atoms with Crippen molar-refractivity contribution in [3.8, 4) is 0 Å². The fourth-order valence-electron chi connectivity index (χ4n) is 1.16. The SMILES string of the molecule is COCCC=CCCC1CC1. The summed E-state index contributed by atoms with van der Waals surface area (Å²) in [4.78, 5) is 0. The lowest BCUT2D eigenvalue weighted by molar-refractivity contribution is 0.204. The molecule has 0 aromatic carbocycles. The van der Waals surface area contributed by atoms with Crippen LogP contribution in [0.2, 0.25) is 0 Å². The van der Waals surface area contributed by atoms with Crippen LogP contribution in [0.4, 0.5) is 0 Å². The van der Waals surface area contributed by atoms with E-state index in [0.29, 0.717) is 0 Å². The van der Waals surface area contributed by atoms with Gasteiger partial charge in [-0.15, -0.1) is 0 Å². The molecule has 0 atom stereocenters. The molecule has 64 valence electrons. The average molecular weight is 154 g/mol. The molecule has 0 aliphatic heterocycles. The maximum absolute atomic E-state index is 4.93. The molecular formula is C10H18O. The summed E-state index contributed by atoms with van der Waals surface area (Å²) < 4.78 is 4.93. The van der Waals surface area contributed by atoms with Gasteiger partial charge in [0.2, 0.25) is 0 Å². The van der Waals surface area contributed by atoms with E-state index in [1.54, 1.807) is 7.11 Å². The molecule has 1 saturated carbocycles. The molecule has 0 spiro atoms. The van der Waals surface area contributed by atoms with Gasteiger partial charge in [-0.05, 0) is 25.2 Å². The highest BCUT2D eigenvalue weighted by Crippen LogP contribution is 2.33. The Morgan fingerprint density at radius 2 is 2.00 bits per heavy atom. The second-order valence-electron chi connectivity index (χ2n) is 3.27. The van der Waals surface area contributed by atoms with Crippen molar-refractivity contribution in [3.05, 3.63) is 12.2 Å². The van der Waals surface area contributed by atoms with E-state index in [0.717, 1.165) is 18.9 Å². The minimum absolute atomic E-state index is 0.861. The zero-order valence-corrected chi connectivity index (χ0v) is 7.38. The lowest BCUT2D eigenvalue weighted by Gasteiger charge is -1.91. The van der Waals surface area contributed by atoms with E-state index >= 15 is 0 Å². The van der Waals surface area contributed by atoms with Crippen molar-refractivity contribution in [1.29, 1.82) is 0 Å². The molecule has 0 aromatic heterocycles. The summed E-state index contributed by atoms with van der Waals surface area (Å²) in [5.74, 6) is 1.07. The van der Waals surface area contributed by atoms with Gasteiger partial charge in [0.1, 0.15) is 0 Å². The third-order valence-corrected chi connectivity index (χ3v) is 2.09. The second-order valence-corrected chi connectivity index (χ2v) is 3.27. The van der Waals surface area contributed by atoms with E-state index in [-0.39, 0.29) is 0 Å². The largest absolute Gasteiger partial charge is 0.384 e. The highest BCUT2D eigenvalue weighted by atomic mass is 16.5. The van der Waals surface area contributed by atoms with Crippen LogP contribution < -0.4 is 0 Å². The molecule has 0 bridgehead atoms. The maximum atomic E-state index is 4.93. The van der Waals surface area contributed by atoms with Crippen LogP contribution in [0, 0.1) is 5.92 Å². The number of allylic oxidation sites excluding steroid dienone is 1. The van der Waals surface area contributed by atoms with Crippen LogP contribution >= 0.6 is 0 Å². The van der Waals surface area contributed by atoms with Gasteiger partial charge >= 0.3 is 0 Å². The number of hydrogen-bond donors (Lipinski definition) is 0. The zero-order chi connectivity index (χ0) is 7.94. The first-order valence-electron chi connectivity index (χ1n) is 4.57. The van der Waals surface area contributed by atoms with Crippen LogP contribution in [0.5, 0.6) is 0 Å². The molecule has 0 aromatic rings. The lowest BCUT2D eigenvalue weighted by atomic mass is 10.2. The van der Waals surface area contributed by atoms with E-state index in [1.165, 1.54) is 25.7 Å². The van der Waals surface area contributed by atoms with Gasteiger partial charge in [0.05, 0.1) is 0 Å². The number of ether oxygens (including phenoxy) is 1. The van der Waals surface area contributed by atoms with Crippen LogP contribution in [-0.4, -0.2) is 13.7 Å². The quantitative estimate of drug-likeness (QED) is 0.422. The van der Waals surface area contributed by atoms with Crippen molar-refractivity contribution in [2.24, 2.45) is 5.92 Å². The number of rotatable bonds is 6. The Bertz CT molecular complexity index is 114. The first-order valence-corrected chi connectivity index (χ1v) is 4.57. The van der Waals surface area contributed by atoms with Gasteiger partial charge in [-0.25, -0.2) is 0 Å². The van der Waals surface area contributed by atoms with E-state index in [1.807, 2.05) is 0 Å². The van der Waals surface area contributed by atoms with Crippen molar-refractivity contribution in [2.45, 2.75) is 32.1 Å². The predicted molar refractivity (Wildman–Crippen MR) is 47.6 cm³/mol. The molecule has 1 nitrogen and oxygen atoms in total. The van der Waals surface area contributed by atoms with Crippen LogP contribution in [0.25, 0.3) is 0 Å². The molecule has 0 amide bonds. The smallest absolute Gasteiger partial charge is 0.0496 e. The highest BCUT2D eigenvalue weighted by molar-refractivity contribution is 4.84. The summed E-state index contributed by atoms with van der Waals surface area (Å²) in [7, 11) is 1.75. The summed E-state index contributed by atoms with van der Waals surface area (Å²) in [5, 5.41) is 0. The van der Waals surface area contributed by atoms with Crippen molar-refractivity contribution < 1.29 is 4.74 Å². The third kappa shape index (κ3) is 5.02. The Balaban J connectivity index is 1.80. The Labute approximate surface area is 69.4 Å². The van der Waals surface area contributed by atoms with Gasteiger partial charge in [0.25, 0.3) is 0 Å². The Morgan fingerprint density at radius 1 is 1.27 bits per heavy atom. The second kappa shape index (κ2) is 5.36. The minimum atomic E-state index is 0.861. The van der Waals surface area contributed by atoms with Gasteiger partial charge in [-0.1, -0.05) is 25.0 Å². The van der Waals surface area contributed by atoms with Gasteiger partial charge in [0.15, 0.2) is 0 Å². The fraction of sp³-hybridized carbons (Fsp3) is 0.800. The van der Waals surface area contributed by atoms with Crippen LogP contribution in [0.15, 0.2) is 12.2 Å². The van der Waals surface area contributed by atoms with Crippen molar-refractivity contribution in [1.82, 2.24) is 0 Å². The summed E-state index contributed by atoms with van der Waals surface area (Å²) in [5.41, 5.74) is 0. The predicted octanol–water partition coefficient (Wildman–Crippen LogP) is 2.77. The molecule has 0 saturated heterocycles. The number of methoxy groups -OCH3 is 1. The molecule has 1 aliphatic carbocycles. The molecular weight excluding hydrogens is 136 g/mol. The molecule has 1 fully saturated rings. The van der Waals surface area contributed by atoms with Crippen molar-refractivity contribution in [3.63, 3.8) is 0 Å². The lowest BCUT2D eigenvalue weighted by Crippen LogP contribution is -1.83. The highest BCUT2D eigenvalue weighted by Gasteiger charge is 2.19. The topological polar surface area (TPSA) is 9.23 Å². The Morgan fingerprint density at radius 3 is 2.64 bits per heavy atom. The summed E-state index contributed by atoms with van der Waals surface area (Å²) in [6.07, 6.45) is 11.2. The third-order valence-electron chi connectivity index (χ3n) is 2.09. The van der Waals surface area contributed by atoms with Crippen molar-refractivity contribution in [2.75, 3.05) is 13.7 Å². The molecule has 0 N–H and O–H groups in total. The normalized spacial score (nSPS) is 17.9. The van der Waals surface area contributed by atoms with Gasteiger partial charge in [-0.3, -0.25) is 0 Å². The Hall–Kier alpha value is -0.300. The van der Waals surface area contributed by atoms with Crippen LogP contribution in [-0.2, 0) is 4.74 Å². The summed E-state index contributed by atoms with van der Waals surface area (Å²) >= 11 is 0. The zero-order valence-electron chi connectivity index (χ0n) is 7.38. The van der Waals surface area contributed by atoms with Crippen LogP contribution in [0.1, 0.15) is 32.1 Å². The van der Waals surface area contributed by atoms with E-state index in [4.69, 9.17) is 4.74 Å². The molecule has 0 unspecified atom stereocenters. The standard InChI is InChI=1S/C10H18O/c1-11-9-5-3-2-4-6-10-7-8-10/h2-3,10H,4-9H2,1H3. The first kappa shape index (κ1) is 8.79. The van der Waals surface area contributed by atoms with Crippen molar-refractivity contribution >= 4 is 0 Å². The maximum Gasteiger partial charge on any atom is 0.0496 e. The average Bonchev–Trinajstić information content (AvgIpc) is 2.80. The summed E-state index contributed by atoms with van der Waals surface area (Å²) in [6, 6.07) is 0. The molecule has 0 radical (unpaired) electrons. The molecule has 11 heavy (non-hydrogen) atoms. The minimum Gasteiger partial charge on any atom is -0.384 e. The van der Waals surface area contributed by atoms with E-state index < -0.39 is 0 Å². The molecule has 0 heterocycles.